The van der Waals surface area contributed by atoms with Gasteiger partial charge >= 0.3 is 0 Å². The quantitative estimate of drug-likeness (QED) is 0.646. The molecule has 6 nitrogen and oxygen atoms in total. The minimum Gasteiger partial charge on any atom is -0.381 e. The first-order valence-corrected chi connectivity index (χ1v) is 7.96. The van der Waals surface area contributed by atoms with Gasteiger partial charge in [0.15, 0.2) is 6.10 Å². The number of nitrogens with one attached hydrogen (secondary N) is 3. The molecule has 1 aliphatic rings. The Labute approximate surface area is 148 Å². The summed E-state index contributed by atoms with van der Waals surface area (Å²) in [5.41, 5.74) is 1.22. The number of halogens is 2. The van der Waals surface area contributed by atoms with E-state index < -0.39 is 35.9 Å². The van der Waals surface area contributed by atoms with Gasteiger partial charge in [-0.25, -0.2) is 8.78 Å². The van der Waals surface area contributed by atoms with Crippen molar-refractivity contribution in [2.24, 2.45) is 0 Å². The summed E-state index contributed by atoms with van der Waals surface area (Å²) in [6.45, 7) is 0.118. The fourth-order valence-corrected chi connectivity index (χ4v) is 2.65. The van der Waals surface area contributed by atoms with E-state index in [1.54, 1.807) is 0 Å². The van der Waals surface area contributed by atoms with Crippen LogP contribution in [0.25, 0.3) is 0 Å². The van der Waals surface area contributed by atoms with Gasteiger partial charge in [-0.2, -0.15) is 0 Å². The molecule has 3 rings (SSSR count). The highest BCUT2D eigenvalue weighted by molar-refractivity contribution is 5.93. The Morgan fingerprint density at radius 1 is 1.04 bits per heavy atom. The predicted octanol–water partition coefficient (Wildman–Crippen LogP) is 0.729. The van der Waals surface area contributed by atoms with E-state index in [-0.39, 0.29) is 12.4 Å². The summed E-state index contributed by atoms with van der Waals surface area (Å²) in [5, 5.41) is 18.0. The zero-order valence-corrected chi connectivity index (χ0v) is 13.6. The zero-order chi connectivity index (χ0) is 18.7. The minimum absolute atomic E-state index is 0.118. The van der Waals surface area contributed by atoms with E-state index in [1.807, 2.05) is 0 Å². The number of hydrogen-bond acceptors (Lipinski definition) is 4. The van der Waals surface area contributed by atoms with Gasteiger partial charge in [0.1, 0.15) is 23.8 Å². The van der Waals surface area contributed by atoms with Gasteiger partial charge in [0, 0.05) is 6.54 Å². The fraction of sp³-hybridized carbons (Fsp3) is 0.222. The van der Waals surface area contributed by atoms with Crippen LogP contribution in [0.5, 0.6) is 0 Å². The molecule has 26 heavy (non-hydrogen) atoms. The van der Waals surface area contributed by atoms with Crippen LogP contribution in [0.4, 0.5) is 8.78 Å². The molecule has 0 aromatic heterocycles. The van der Waals surface area contributed by atoms with Crippen molar-refractivity contribution < 1.29 is 23.5 Å². The second-order valence-corrected chi connectivity index (χ2v) is 5.93. The summed E-state index contributed by atoms with van der Waals surface area (Å²) in [7, 11) is 0. The number of carbonyl (C=O) groups excluding carboxylic acids is 2. The van der Waals surface area contributed by atoms with Gasteiger partial charge in [-0.05, 0) is 35.4 Å². The van der Waals surface area contributed by atoms with Gasteiger partial charge in [-0.3, -0.25) is 14.9 Å². The topological polar surface area (TPSA) is 90.5 Å². The van der Waals surface area contributed by atoms with Crippen LogP contribution in [0, 0.1) is 11.6 Å². The maximum Gasteiger partial charge on any atom is 0.252 e. The smallest absolute Gasteiger partial charge is 0.252 e. The summed E-state index contributed by atoms with van der Waals surface area (Å²) >= 11 is 0. The molecule has 0 spiro atoms. The Kier molecular flexibility index (Phi) is 5.24. The van der Waals surface area contributed by atoms with Crippen molar-refractivity contribution in [1.29, 1.82) is 0 Å². The normalized spacial score (nSPS) is 22.6. The van der Waals surface area contributed by atoms with Crippen LogP contribution in [0.3, 0.4) is 0 Å². The highest BCUT2D eigenvalue weighted by Crippen LogP contribution is 2.17. The molecule has 136 valence electrons. The van der Waals surface area contributed by atoms with Gasteiger partial charge in [-0.15, -0.1) is 0 Å². The molecule has 2 aromatic carbocycles. The molecular weight excluding hydrogens is 344 g/mol. The predicted molar refractivity (Wildman–Crippen MR) is 88.5 cm³/mol. The summed E-state index contributed by atoms with van der Waals surface area (Å²) in [6.07, 6.45) is -2.31. The maximum absolute atomic E-state index is 13.0. The Morgan fingerprint density at radius 3 is 2.23 bits per heavy atom. The first-order chi connectivity index (χ1) is 12.4. The molecule has 1 heterocycles. The van der Waals surface area contributed by atoms with Crippen LogP contribution in [-0.2, 0) is 16.1 Å². The van der Waals surface area contributed by atoms with Gasteiger partial charge in [0.25, 0.3) is 5.91 Å². The molecule has 3 atom stereocenters. The summed E-state index contributed by atoms with van der Waals surface area (Å²) < 4.78 is 26.0. The molecule has 4 N–H and O–H groups in total. The second kappa shape index (κ2) is 7.59. The van der Waals surface area contributed by atoms with Crippen LogP contribution in [0.2, 0.25) is 0 Å². The molecule has 0 saturated carbocycles. The SMILES string of the molecule is O=C1NC(c2ccc(F)cc2)NC(C(=O)NCc2ccc(F)cc2)C1O. The Balaban J connectivity index is 1.68. The van der Waals surface area contributed by atoms with Gasteiger partial charge in [0.05, 0.1) is 0 Å². The van der Waals surface area contributed by atoms with Crippen molar-refractivity contribution in [1.82, 2.24) is 16.0 Å². The van der Waals surface area contributed by atoms with Crippen molar-refractivity contribution in [3.8, 4) is 0 Å². The van der Waals surface area contributed by atoms with E-state index in [9.17, 15) is 23.5 Å². The van der Waals surface area contributed by atoms with Crippen molar-refractivity contribution in [2.45, 2.75) is 24.9 Å². The average molecular weight is 361 g/mol. The number of hydrogen-bond donors (Lipinski definition) is 4. The molecule has 0 radical (unpaired) electrons. The van der Waals surface area contributed by atoms with Crippen LogP contribution in [-0.4, -0.2) is 29.1 Å². The number of aliphatic hydroxyl groups is 1. The third-order valence-corrected chi connectivity index (χ3v) is 4.08. The fourth-order valence-electron chi connectivity index (χ4n) is 2.65. The van der Waals surface area contributed by atoms with E-state index in [0.717, 1.165) is 0 Å². The number of amides is 2. The molecule has 1 aliphatic heterocycles. The highest BCUT2D eigenvalue weighted by Gasteiger charge is 2.39. The largest absolute Gasteiger partial charge is 0.381 e. The second-order valence-electron chi connectivity index (χ2n) is 5.93. The first-order valence-electron chi connectivity index (χ1n) is 7.96. The third kappa shape index (κ3) is 4.04. The monoisotopic (exact) mass is 361 g/mol. The summed E-state index contributed by atoms with van der Waals surface area (Å²) in [6, 6.07) is 9.81. The molecule has 8 heteroatoms. The van der Waals surface area contributed by atoms with Crippen LogP contribution in [0.15, 0.2) is 48.5 Å². The number of benzene rings is 2. The molecule has 1 saturated heterocycles. The molecule has 0 aliphatic carbocycles. The minimum atomic E-state index is -1.57. The molecule has 3 unspecified atom stereocenters. The highest BCUT2D eigenvalue weighted by atomic mass is 19.1. The van der Waals surface area contributed by atoms with E-state index in [4.69, 9.17) is 0 Å². The maximum atomic E-state index is 13.0. The lowest BCUT2D eigenvalue weighted by Crippen LogP contribution is -2.64. The summed E-state index contributed by atoms with van der Waals surface area (Å²) in [4.78, 5) is 24.4. The van der Waals surface area contributed by atoms with Crippen molar-refractivity contribution in [3.05, 3.63) is 71.3 Å². The van der Waals surface area contributed by atoms with Crippen LogP contribution >= 0.6 is 0 Å². The molecule has 1 fully saturated rings. The standard InChI is InChI=1S/C18H17F2N3O3/c19-12-5-1-10(2-6-12)9-21-17(25)14-15(24)18(26)23-16(22-14)11-3-7-13(20)8-4-11/h1-8,14-16,22,24H,9H2,(H,21,25)(H,23,26). The molecular formula is C18H17F2N3O3. The van der Waals surface area contributed by atoms with Crippen LogP contribution < -0.4 is 16.0 Å². The van der Waals surface area contributed by atoms with E-state index >= 15 is 0 Å². The third-order valence-electron chi connectivity index (χ3n) is 4.08. The Morgan fingerprint density at radius 2 is 1.62 bits per heavy atom. The van der Waals surface area contributed by atoms with E-state index in [0.29, 0.717) is 11.1 Å². The lowest BCUT2D eigenvalue weighted by molar-refractivity contribution is -0.142. The number of carbonyl (C=O) groups is 2. The first kappa shape index (κ1) is 18.0. The van der Waals surface area contributed by atoms with Crippen molar-refractivity contribution in [3.63, 3.8) is 0 Å². The number of rotatable bonds is 4. The van der Waals surface area contributed by atoms with E-state index in [2.05, 4.69) is 16.0 Å². The van der Waals surface area contributed by atoms with Crippen molar-refractivity contribution >= 4 is 11.8 Å². The van der Waals surface area contributed by atoms with E-state index in [1.165, 1.54) is 48.5 Å². The van der Waals surface area contributed by atoms with Gasteiger partial charge in [0.2, 0.25) is 5.91 Å². The molecule has 2 aromatic rings. The average Bonchev–Trinajstić information content (AvgIpc) is 2.64. The summed E-state index contributed by atoms with van der Waals surface area (Å²) in [5.74, 6) is -2.10. The molecule has 2 amide bonds. The number of aliphatic hydroxyl groups excluding tert-OH is 1. The van der Waals surface area contributed by atoms with Crippen molar-refractivity contribution in [2.75, 3.05) is 0 Å². The lowest BCUT2D eigenvalue weighted by atomic mass is 10.0. The lowest BCUT2D eigenvalue weighted by Gasteiger charge is -2.34. The van der Waals surface area contributed by atoms with Gasteiger partial charge < -0.3 is 15.7 Å². The van der Waals surface area contributed by atoms with Gasteiger partial charge in [-0.1, -0.05) is 24.3 Å². The Hall–Kier alpha value is -2.84. The molecule has 0 bridgehead atoms. The Bertz CT molecular complexity index is 796. The zero-order valence-electron chi connectivity index (χ0n) is 13.6. The van der Waals surface area contributed by atoms with Crippen LogP contribution in [0.1, 0.15) is 17.3 Å².